The monoisotopic (exact) mass is 383 g/mol. The van der Waals surface area contributed by atoms with Crippen LogP contribution in [-0.4, -0.2) is 57.4 Å². The lowest BCUT2D eigenvalue weighted by Gasteiger charge is -2.26. The second kappa shape index (κ2) is 6.28. The van der Waals surface area contributed by atoms with E-state index in [1.165, 1.54) is 0 Å². The van der Waals surface area contributed by atoms with E-state index < -0.39 is 11.5 Å². The second-order valence-corrected chi connectivity index (χ2v) is 8.23. The van der Waals surface area contributed by atoms with Crippen LogP contribution in [0.4, 0.5) is 0 Å². The number of hydrogen-bond donors (Lipinski definition) is 2. The van der Waals surface area contributed by atoms with Gasteiger partial charge in [-0.2, -0.15) is 0 Å². The van der Waals surface area contributed by atoms with Crippen LogP contribution >= 0.6 is 0 Å². The van der Waals surface area contributed by atoms with Crippen molar-refractivity contribution in [2.45, 2.75) is 38.0 Å². The van der Waals surface area contributed by atoms with Crippen LogP contribution < -0.4 is 11.1 Å². The normalized spacial score (nSPS) is 31.0. The number of pyridine rings is 1. The highest BCUT2D eigenvalue weighted by Gasteiger charge is 2.68. The highest BCUT2D eigenvalue weighted by atomic mass is 16.5. The SMILES string of the molecule is Cc1ccn2cc(CNC(=O)[C@H]3[C@@H]4CC[C@@]5(CN(CCN)C(=O)[C@@H]35)O4)nc2c1. The molecule has 0 radical (unpaired) electrons. The summed E-state index contributed by atoms with van der Waals surface area (Å²) in [6.45, 7) is 3.85. The molecular formula is C20H25N5O3. The first-order chi connectivity index (χ1) is 13.5. The average Bonchev–Trinajstić information content (AvgIpc) is 3.39. The van der Waals surface area contributed by atoms with Gasteiger partial charge in [0.05, 0.1) is 42.3 Å². The lowest BCUT2D eigenvalue weighted by Crippen LogP contribution is -2.45. The molecule has 3 N–H and O–H groups in total. The van der Waals surface area contributed by atoms with Crippen LogP contribution in [0.5, 0.6) is 0 Å². The molecule has 3 aliphatic rings. The first kappa shape index (κ1) is 17.6. The number of ether oxygens (including phenoxy) is 1. The van der Waals surface area contributed by atoms with Gasteiger partial charge in [0.2, 0.25) is 11.8 Å². The molecule has 3 fully saturated rings. The van der Waals surface area contributed by atoms with Gasteiger partial charge in [0.1, 0.15) is 5.65 Å². The third kappa shape index (κ3) is 2.55. The number of nitrogens with zero attached hydrogens (tertiary/aromatic N) is 3. The van der Waals surface area contributed by atoms with E-state index in [1.807, 2.05) is 35.9 Å². The van der Waals surface area contributed by atoms with Crippen LogP contribution in [0, 0.1) is 18.8 Å². The lowest BCUT2D eigenvalue weighted by atomic mass is 9.73. The van der Waals surface area contributed by atoms with Crippen LogP contribution in [-0.2, 0) is 20.9 Å². The van der Waals surface area contributed by atoms with Crippen LogP contribution in [0.1, 0.15) is 24.1 Å². The summed E-state index contributed by atoms with van der Waals surface area (Å²) in [5.74, 6) is -0.923. The summed E-state index contributed by atoms with van der Waals surface area (Å²) in [6, 6.07) is 4.02. The maximum Gasteiger partial charge on any atom is 0.229 e. The molecule has 5 heterocycles. The van der Waals surface area contributed by atoms with Crippen molar-refractivity contribution < 1.29 is 14.3 Å². The summed E-state index contributed by atoms with van der Waals surface area (Å²) in [7, 11) is 0. The Hall–Kier alpha value is -2.45. The molecule has 0 aromatic carbocycles. The van der Waals surface area contributed by atoms with E-state index in [9.17, 15) is 9.59 Å². The maximum atomic E-state index is 13.0. The molecule has 0 unspecified atom stereocenters. The summed E-state index contributed by atoms with van der Waals surface area (Å²) < 4.78 is 8.13. The Balaban J connectivity index is 1.31. The van der Waals surface area contributed by atoms with Crippen molar-refractivity contribution in [1.29, 1.82) is 0 Å². The molecule has 1 spiro atoms. The molecule has 2 amide bonds. The fourth-order valence-corrected chi connectivity index (χ4v) is 5.20. The van der Waals surface area contributed by atoms with Gasteiger partial charge in [0.15, 0.2) is 0 Å². The summed E-state index contributed by atoms with van der Waals surface area (Å²) in [5.41, 5.74) is 7.93. The number of amides is 2. The first-order valence-electron chi connectivity index (χ1n) is 9.89. The Bertz CT molecular complexity index is 956. The van der Waals surface area contributed by atoms with Crippen molar-refractivity contribution in [3.8, 4) is 0 Å². The molecule has 148 valence electrons. The number of hydrogen-bond acceptors (Lipinski definition) is 5. The molecule has 2 aromatic rings. The zero-order chi connectivity index (χ0) is 19.5. The Morgan fingerprint density at radius 3 is 3.18 bits per heavy atom. The van der Waals surface area contributed by atoms with Gasteiger partial charge in [0.25, 0.3) is 0 Å². The number of carbonyl (C=O) groups is 2. The predicted octanol–water partition coefficient (Wildman–Crippen LogP) is 0.224. The third-order valence-corrected chi connectivity index (χ3v) is 6.41. The average molecular weight is 383 g/mol. The minimum atomic E-state index is -0.500. The molecular weight excluding hydrogens is 358 g/mol. The fourth-order valence-electron chi connectivity index (χ4n) is 5.20. The van der Waals surface area contributed by atoms with E-state index in [1.54, 1.807) is 4.90 Å². The lowest BCUT2D eigenvalue weighted by molar-refractivity contribution is -0.138. The molecule has 8 heteroatoms. The highest BCUT2D eigenvalue weighted by molar-refractivity contribution is 5.92. The molecule has 3 saturated heterocycles. The minimum absolute atomic E-state index is 0.0102. The fraction of sp³-hybridized carbons (Fsp3) is 0.550. The van der Waals surface area contributed by atoms with Crippen molar-refractivity contribution in [2.24, 2.45) is 17.6 Å². The van der Waals surface area contributed by atoms with Crippen molar-refractivity contribution in [3.63, 3.8) is 0 Å². The Kier molecular flexibility index (Phi) is 3.96. The van der Waals surface area contributed by atoms with Crippen LogP contribution in [0.2, 0.25) is 0 Å². The summed E-state index contributed by atoms with van der Waals surface area (Å²) in [4.78, 5) is 32.2. The van der Waals surface area contributed by atoms with Crippen LogP contribution in [0.15, 0.2) is 24.5 Å². The molecule has 2 aromatic heterocycles. The van der Waals surface area contributed by atoms with Gasteiger partial charge in [-0.3, -0.25) is 9.59 Å². The number of imidazole rings is 1. The summed E-state index contributed by atoms with van der Waals surface area (Å²) >= 11 is 0. The highest BCUT2D eigenvalue weighted by Crippen LogP contribution is 2.55. The van der Waals surface area contributed by atoms with E-state index in [0.717, 1.165) is 29.7 Å². The van der Waals surface area contributed by atoms with Crippen molar-refractivity contribution >= 4 is 17.5 Å². The number of rotatable bonds is 5. The summed E-state index contributed by atoms with van der Waals surface area (Å²) in [6.07, 6.45) is 5.37. The van der Waals surface area contributed by atoms with Gasteiger partial charge in [0, 0.05) is 25.5 Å². The Morgan fingerprint density at radius 2 is 2.36 bits per heavy atom. The Morgan fingerprint density at radius 1 is 1.50 bits per heavy atom. The van der Waals surface area contributed by atoms with Gasteiger partial charge in [-0.25, -0.2) is 4.98 Å². The number of carbonyl (C=O) groups excluding carboxylic acids is 2. The number of nitrogens with one attached hydrogen (secondary N) is 1. The molecule has 0 saturated carbocycles. The zero-order valence-corrected chi connectivity index (χ0v) is 15.9. The van der Waals surface area contributed by atoms with E-state index in [-0.39, 0.29) is 23.8 Å². The van der Waals surface area contributed by atoms with Gasteiger partial charge >= 0.3 is 0 Å². The quantitative estimate of drug-likeness (QED) is 0.769. The molecule has 3 aliphatic heterocycles. The van der Waals surface area contributed by atoms with Crippen molar-refractivity contribution in [3.05, 3.63) is 35.8 Å². The van der Waals surface area contributed by atoms with Gasteiger partial charge in [-0.15, -0.1) is 0 Å². The largest absolute Gasteiger partial charge is 0.368 e. The summed E-state index contributed by atoms with van der Waals surface area (Å²) in [5, 5.41) is 2.99. The molecule has 28 heavy (non-hydrogen) atoms. The molecule has 5 rings (SSSR count). The van der Waals surface area contributed by atoms with Crippen molar-refractivity contribution in [2.75, 3.05) is 19.6 Å². The topological polar surface area (TPSA) is 102 Å². The number of likely N-dealkylation sites (tertiary alicyclic amines) is 1. The predicted molar refractivity (Wildman–Crippen MR) is 101 cm³/mol. The van der Waals surface area contributed by atoms with E-state index in [2.05, 4.69) is 10.3 Å². The van der Waals surface area contributed by atoms with E-state index >= 15 is 0 Å². The number of aromatic nitrogens is 2. The zero-order valence-electron chi connectivity index (χ0n) is 15.9. The molecule has 0 aliphatic carbocycles. The maximum absolute atomic E-state index is 13.0. The van der Waals surface area contributed by atoms with Crippen molar-refractivity contribution in [1.82, 2.24) is 19.6 Å². The number of fused-ring (bicyclic) bond motifs is 2. The second-order valence-electron chi connectivity index (χ2n) is 8.23. The number of nitrogens with two attached hydrogens (primary N) is 1. The van der Waals surface area contributed by atoms with Crippen LogP contribution in [0.3, 0.4) is 0 Å². The molecule has 4 atom stereocenters. The smallest absolute Gasteiger partial charge is 0.229 e. The molecule has 2 bridgehead atoms. The van der Waals surface area contributed by atoms with Gasteiger partial charge in [-0.1, -0.05) is 0 Å². The van der Waals surface area contributed by atoms with Crippen LogP contribution in [0.25, 0.3) is 5.65 Å². The van der Waals surface area contributed by atoms with E-state index in [4.69, 9.17) is 10.5 Å². The van der Waals surface area contributed by atoms with Gasteiger partial charge in [-0.05, 0) is 37.5 Å². The third-order valence-electron chi connectivity index (χ3n) is 6.41. The van der Waals surface area contributed by atoms with E-state index in [0.29, 0.717) is 26.2 Å². The first-order valence-corrected chi connectivity index (χ1v) is 9.89. The minimum Gasteiger partial charge on any atom is -0.368 e. The molecule has 8 nitrogen and oxygen atoms in total. The standard InChI is InChI=1S/C20H25N5O3/c1-12-3-6-24-10-13(23-15(24)8-12)9-22-18(26)16-14-2-4-20(28-14)11-25(7-5-21)19(27)17(16)20/h3,6,8,10,14,16-17H,2,4-5,7,9,11,21H2,1H3,(H,22,26)/t14-,16-,17+,20-/m0/s1. The van der Waals surface area contributed by atoms with Gasteiger partial charge < -0.3 is 25.1 Å². The Labute approximate surface area is 163 Å². The number of aryl methyl sites for hydroxylation is 1.